The summed E-state index contributed by atoms with van der Waals surface area (Å²) in [6.07, 6.45) is 1.77. The van der Waals surface area contributed by atoms with Crippen LogP contribution in [-0.2, 0) is 26.2 Å². The van der Waals surface area contributed by atoms with Crippen LogP contribution in [-0.4, -0.2) is 64.2 Å². The van der Waals surface area contributed by atoms with E-state index in [1.165, 1.54) is 25.2 Å². The molecule has 36 heavy (non-hydrogen) atoms. The number of rotatable bonds is 12. The lowest BCUT2D eigenvalue weighted by Crippen LogP contribution is -2.52. The van der Waals surface area contributed by atoms with Crippen LogP contribution in [0.3, 0.4) is 0 Å². The van der Waals surface area contributed by atoms with Crippen LogP contribution in [0.15, 0.2) is 42.5 Å². The van der Waals surface area contributed by atoms with E-state index in [9.17, 15) is 18.0 Å². The van der Waals surface area contributed by atoms with Crippen molar-refractivity contribution in [2.24, 2.45) is 0 Å². The number of nitrogens with zero attached hydrogens (tertiary/aromatic N) is 2. The number of hydrogen-bond donors (Lipinski definition) is 1. The molecule has 2 amide bonds. The minimum Gasteiger partial charge on any atom is -0.493 e. The second kappa shape index (κ2) is 12.6. The fourth-order valence-electron chi connectivity index (χ4n) is 3.53. The van der Waals surface area contributed by atoms with Crippen molar-refractivity contribution >= 4 is 27.5 Å². The topological polar surface area (TPSA) is 105 Å². The molecule has 2 atom stereocenters. The van der Waals surface area contributed by atoms with Gasteiger partial charge in [-0.3, -0.25) is 13.9 Å². The number of benzene rings is 2. The summed E-state index contributed by atoms with van der Waals surface area (Å²) >= 11 is 0. The van der Waals surface area contributed by atoms with Gasteiger partial charge in [0.2, 0.25) is 21.8 Å². The summed E-state index contributed by atoms with van der Waals surface area (Å²) in [5.41, 5.74) is 2.14. The predicted octanol–water partition coefficient (Wildman–Crippen LogP) is 3.11. The molecule has 0 aliphatic carbocycles. The Kier molecular flexibility index (Phi) is 10.2. The van der Waals surface area contributed by atoms with Crippen molar-refractivity contribution in [1.82, 2.24) is 10.2 Å². The number of carbonyl (C=O) groups is 2. The Morgan fingerprint density at radius 1 is 1.00 bits per heavy atom. The summed E-state index contributed by atoms with van der Waals surface area (Å²) in [6.45, 7) is 7.11. The minimum absolute atomic E-state index is 0.0597. The molecule has 0 spiro atoms. The van der Waals surface area contributed by atoms with Crippen molar-refractivity contribution in [2.75, 3.05) is 31.3 Å². The maximum Gasteiger partial charge on any atom is 0.244 e. The Hall–Kier alpha value is -3.27. The van der Waals surface area contributed by atoms with Crippen molar-refractivity contribution in [3.05, 3.63) is 53.6 Å². The third-order valence-electron chi connectivity index (χ3n) is 5.98. The largest absolute Gasteiger partial charge is 0.493 e. The molecule has 2 rings (SSSR count). The Morgan fingerprint density at radius 2 is 1.61 bits per heavy atom. The molecule has 0 bridgehead atoms. The molecule has 0 radical (unpaired) electrons. The minimum atomic E-state index is -3.85. The van der Waals surface area contributed by atoms with Crippen LogP contribution in [0.2, 0.25) is 0 Å². The second-order valence-electron chi connectivity index (χ2n) is 8.81. The van der Waals surface area contributed by atoms with Crippen LogP contribution in [0, 0.1) is 6.92 Å². The lowest BCUT2D eigenvalue weighted by molar-refractivity contribution is -0.139. The molecule has 0 fully saturated rings. The van der Waals surface area contributed by atoms with E-state index in [2.05, 4.69) is 5.32 Å². The predicted molar refractivity (Wildman–Crippen MR) is 141 cm³/mol. The Labute approximate surface area is 214 Å². The highest BCUT2D eigenvalue weighted by molar-refractivity contribution is 7.92. The quantitative estimate of drug-likeness (QED) is 0.462. The lowest BCUT2D eigenvalue weighted by atomic mass is 10.1. The van der Waals surface area contributed by atoms with Gasteiger partial charge in [-0.25, -0.2) is 8.42 Å². The second-order valence-corrected chi connectivity index (χ2v) is 10.7. The average Bonchev–Trinajstić information content (AvgIpc) is 2.85. The van der Waals surface area contributed by atoms with Gasteiger partial charge in [0.15, 0.2) is 11.5 Å². The van der Waals surface area contributed by atoms with E-state index < -0.39 is 28.5 Å². The lowest BCUT2D eigenvalue weighted by Gasteiger charge is -2.32. The van der Waals surface area contributed by atoms with Crippen LogP contribution in [0.5, 0.6) is 11.5 Å². The molecule has 2 aromatic rings. The van der Waals surface area contributed by atoms with Gasteiger partial charge in [-0.15, -0.1) is 0 Å². The van der Waals surface area contributed by atoms with Gasteiger partial charge >= 0.3 is 0 Å². The van der Waals surface area contributed by atoms with Gasteiger partial charge in [0.25, 0.3) is 0 Å². The van der Waals surface area contributed by atoms with Crippen molar-refractivity contribution in [3.8, 4) is 11.5 Å². The fraction of sp³-hybridized carbons (Fsp3) is 0.462. The molecule has 0 aromatic heterocycles. The zero-order chi connectivity index (χ0) is 27.0. The van der Waals surface area contributed by atoms with Crippen LogP contribution >= 0.6 is 0 Å². The zero-order valence-electron chi connectivity index (χ0n) is 22.1. The molecular weight excluding hydrogens is 482 g/mol. The Bertz CT molecular complexity index is 1150. The summed E-state index contributed by atoms with van der Waals surface area (Å²) in [5, 5.41) is 2.91. The monoisotopic (exact) mass is 519 g/mol. The summed E-state index contributed by atoms with van der Waals surface area (Å²) in [4.78, 5) is 28.0. The SMILES string of the molecule is CC[C@@H](C)NC(=O)[C@H](C)N(Cc1ccc(C)cc1)C(=O)CN(c1ccc(OC)c(OC)c1)S(C)(=O)=O. The molecule has 10 heteroatoms. The number of carbonyl (C=O) groups excluding carboxylic acids is 2. The van der Waals surface area contributed by atoms with Crippen molar-refractivity contribution in [1.29, 1.82) is 0 Å². The molecule has 0 heterocycles. The first kappa shape index (κ1) is 29.0. The van der Waals surface area contributed by atoms with Crippen LogP contribution in [0.1, 0.15) is 38.3 Å². The first-order chi connectivity index (χ1) is 16.9. The van der Waals surface area contributed by atoms with E-state index in [1.807, 2.05) is 45.0 Å². The number of ether oxygens (including phenoxy) is 2. The summed E-state index contributed by atoms with van der Waals surface area (Å²) in [5.74, 6) is -0.0595. The van der Waals surface area contributed by atoms with E-state index in [0.717, 1.165) is 28.1 Å². The van der Waals surface area contributed by atoms with Gasteiger partial charge in [0.05, 0.1) is 26.2 Å². The Balaban J connectivity index is 2.43. The standard InChI is InChI=1S/C26H37N3O6S/c1-8-19(3)27-26(31)20(4)28(16-21-11-9-18(2)10-12-21)25(30)17-29(36(7,32)33)22-13-14-23(34-5)24(15-22)35-6/h9-15,19-20H,8,16-17H2,1-7H3,(H,27,31)/t19-,20+/m1/s1. The van der Waals surface area contributed by atoms with E-state index in [1.54, 1.807) is 19.1 Å². The van der Waals surface area contributed by atoms with Crippen molar-refractivity contribution < 1.29 is 27.5 Å². The third-order valence-corrected chi connectivity index (χ3v) is 7.12. The maximum atomic E-state index is 13.6. The van der Waals surface area contributed by atoms with E-state index in [-0.39, 0.29) is 24.2 Å². The molecule has 9 nitrogen and oxygen atoms in total. The molecule has 0 aliphatic heterocycles. The van der Waals surface area contributed by atoms with Gasteiger partial charge in [-0.2, -0.15) is 0 Å². The number of nitrogens with one attached hydrogen (secondary N) is 1. The van der Waals surface area contributed by atoms with E-state index in [4.69, 9.17) is 9.47 Å². The molecule has 2 aromatic carbocycles. The highest BCUT2D eigenvalue weighted by atomic mass is 32.2. The van der Waals surface area contributed by atoms with E-state index in [0.29, 0.717) is 11.5 Å². The first-order valence-corrected chi connectivity index (χ1v) is 13.6. The van der Waals surface area contributed by atoms with Crippen molar-refractivity contribution in [2.45, 2.75) is 52.7 Å². The average molecular weight is 520 g/mol. The molecule has 0 aliphatic rings. The number of hydrogen-bond acceptors (Lipinski definition) is 6. The third kappa shape index (κ3) is 7.61. The smallest absolute Gasteiger partial charge is 0.244 e. The maximum absolute atomic E-state index is 13.6. The number of aryl methyl sites for hydroxylation is 1. The summed E-state index contributed by atoms with van der Waals surface area (Å²) < 4.78 is 37.0. The zero-order valence-corrected chi connectivity index (χ0v) is 22.9. The van der Waals surface area contributed by atoms with Crippen LogP contribution < -0.4 is 19.1 Å². The molecule has 0 saturated heterocycles. The van der Waals surface area contributed by atoms with E-state index >= 15 is 0 Å². The van der Waals surface area contributed by atoms with Gasteiger partial charge in [-0.05, 0) is 44.9 Å². The molecule has 0 unspecified atom stereocenters. The fourth-order valence-corrected chi connectivity index (χ4v) is 4.37. The number of methoxy groups -OCH3 is 2. The van der Waals surface area contributed by atoms with Crippen molar-refractivity contribution in [3.63, 3.8) is 0 Å². The summed E-state index contributed by atoms with van der Waals surface area (Å²) in [6, 6.07) is 11.4. The molecular formula is C26H37N3O6S. The highest BCUT2D eigenvalue weighted by Gasteiger charge is 2.30. The molecule has 1 N–H and O–H groups in total. The summed E-state index contributed by atoms with van der Waals surface area (Å²) in [7, 11) is -0.930. The highest BCUT2D eigenvalue weighted by Crippen LogP contribution is 2.32. The molecule has 198 valence electrons. The van der Waals surface area contributed by atoms with Gasteiger partial charge in [0.1, 0.15) is 12.6 Å². The van der Waals surface area contributed by atoms with Gasteiger partial charge in [0, 0.05) is 18.7 Å². The van der Waals surface area contributed by atoms with Crippen LogP contribution in [0.25, 0.3) is 0 Å². The number of amides is 2. The molecule has 0 saturated carbocycles. The normalized spacial score (nSPS) is 12.9. The van der Waals surface area contributed by atoms with Gasteiger partial charge in [-0.1, -0.05) is 36.8 Å². The number of sulfonamides is 1. The van der Waals surface area contributed by atoms with Crippen LogP contribution in [0.4, 0.5) is 5.69 Å². The number of anilines is 1. The first-order valence-electron chi connectivity index (χ1n) is 11.8. The Morgan fingerprint density at radius 3 is 2.14 bits per heavy atom. The van der Waals surface area contributed by atoms with Gasteiger partial charge < -0.3 is 19.7 Å².